The maximum Gasteiger partial charge on any atom is 0.0544 e. The fraction of sp³-hybridized carbons (Fsp3) is 0.200. The van der Waals surface area contributed by atoms with E-state index in [1.165, 1.54) is 49.3 Å². The Balaban J connectivity index is 2.14. The van der Waals surface area contributed by atoms with Gasteiger partial charge in [-0.3, -0.25) is 0 Å². The van der Waals surface area contributed by atoms with Crippen molar-refractivity contribution < 1.29 is 0 Å². The molecule has 1 heteroatoms. The van der Waals surface area contributed by atoms with Crippen LogP contribution in [0.3, 0.4) is 0 Å². The molecule has 4 rings (SSSR count). The van der Waals surface area contributed by atoms with Gasteiger partial charge in [-0.25, -0.2) is 0 Å². The van der Waals surface area contributed by atoms with E-state index in [9.17, 15) is 0 Å². The van der Waals surface area contributed by atoms with Crippen LogP contribution < -0.4 is 0 Å². The third-order valence-corrected chi connectivity index (χ3v) is 5.29. The Morgan fingerprint density at radius 2 is 1.73 bits per heavy atom. The number of hydrogen-bond acceptors (Lipinski definition) is 0. The van der Waals surface area contributed by atoms with Crippen molar-refractivity contribution in [1.82, 2.24) is 4.98 Å². The quantitative estimate of drug-likeness (QED) is 0.387. The average molecular weight is 339 g/mol. The molecule has 1 nitrogen and oxygen atoms in total. The van der Waals surface area contributed by atoms with Crippen LogP contribution >= 0.6 is 0 Å². The van der Waals surface area contributed by atoms with E-state index < -0.39 is 0 Å². The molecule has 4 aromatic rings. The summed E-state index contributed by atoms with van der Waals surface area (Å²) in [7, 11) is 0. The largest absolute Gasteiger partial charge is 0.354 e. The predicted octanol–water partition coefficient (Wildman–Crippen LogP) is 7.57. The monoisotopic (exact) mass is 339 g/mol. The fourth-order valence-electron chi connectivity index (χ4n) is 4.20. The predicted molar refractivity (Wildman–Crippen MR) is 117 cm³/mol. The highest BCUT2D eigenvalue weighted by atomic mass is 14.7. The Morgan fingerprint density at radius 3 is 2.42 bits per heavy atom. The van der Waals surface area contributed by atoms with Crippen LogP contribution in [0.2, 0.25) is 0 Å². The Hall–Kier alpha value is -2.80. The van der Waals surface area contributed by atoms with Gasteiger partial charge in [-0.2, -0.15) is 0 Å². The second-order valence-electron chi connectivity index (χ2n) is 7.94. The fourth-order valence-corrected chi connectivity index (χ4v) is 4.20. The van der Waals surface area contributed by atoms with E-state index in [1.54, 1.807) is 0 Å². The summed E-state index contributed by atoms with van der Waals surface area (Å²) >= 11 is 0. The van der Waals surface area contributed by atoms with Crippen molar-refractivity contribution in [2.24, 2.45) is 5.41 Å². The van der Waals surface area contributed by atoms with E-state index in [0.29, 0.717) is 0 Å². The summed E-state index contributed by atoms with van der Waals surface area (Å²) < 4.78 is 0. The van der Waals surface area contributed by atoms with Crippen molar-refractivity contribution in [3.05, 3.63) is 72.3 Å². The number of allylic oxidation sites excluding steroid dienone is 2. The summed E-state index contributed by atoms with van der Waals surface area (Å²) in [5.41, 5.74) is 6.23. The zero-order valence-electron chi connectivity index (χ0n) is 16.0. The van der Waals surface area contributed by atoms with Gasteiger partial charge in [0.05, 0.1) is 5.52 Å². The highest BCUT2D eigenvalue weighted by Crippen LogP contribution is 2.40. The molecule has 0 aliphatic rings. The van der Waals surface area contributed by atoms with Crippen molar-refractivity contribution in [2.75, 3.05) is 0 Å². The standard InChI is InChI=1S/C25H25N/c1-6-17-19(21(7-2)25(3,4)5)13-14-20-23-18-11-9-8-10-16(18)12-15-22(23)26-24(17)20/h6-15,26H,1H2,2-5H3/b21-7+. The van der Waals surface area contributed by atoms with Crippen molar-refractivity contribution in [2.45, 2.75) is 27.7 Å². The van der Waals surface area contributed by atoms with Crippen molar-refractivity contribution in [3.63, 3.8) is 0 Å². The average Bonchev–Trinajstić information content (AvgIpc) is 3.00. The van der Waals surface area contributed by atoms with Crippen LogP contribution in [0.15, 0.2) is 61.2 Å². The van der Waals surface area contributed by atoms with Crippen LogP contribution in [0.4, 0.5) is 0 Å². The van der Waals surface area contributed by atoms with Crippen LogP contribution in [0, 0.1) is 5.41 Å². The van der Waals surface area contributed by atoms with Gasteiger partial charge in [0.1, 0.15) is 0 Å². The lowest BCUT2D eigenvalue weighted by atomic mass is 9.80. The van der Waals surface area contributed by atoms with Gasteiger partial charge in [-0.15, -0.1) is 0 Å². The van der Waals surface area contributed by atoms with Gasteiger partial charge in [0.15, 0.2) is 0 Å². The zero-order chi connectivity index (χ0) is 18.5. The molecule has 0 fully saturated rings. The van der Waals surface area contributed by atoms with Crippen LogP contribution in [-0.4, -0.2) is 4.98 Å². The molecule has 0 aliphatic carbocycles. The molecular weight excluding hydrogens is 314 g/mol. The molecule has 0 atom stereocenters. The van der Waals surface area contributed by atoms with Crippen LogP contribution in [0.25, 0.3) is 44.2 Å². The number of benzene rings is 3. The highest BCUT2D eigenvalue weighted by Gasteiger charge is 2.22. The highest BCUT2D eigenvalue weighted by molar-refractivity contribution is 6.21. The number of aromatic amines is 1. The lowest BCUT2D eigenvalue weighted by Gasteiger charge is -2.25. The summed E-state index contributed by atoms with van der Waals surface area (Å²) in [5.74, 6) is 0. The molecule has 1 N–H and O–H groups in total. The summed E-state index contributed by atoms with van der Waals surface area (Å²) in [6.07, 6.45) is 4.22. The van der Waals surface area contributed by atoms with E-state index in [-0.39, 0.29) is 5.41 Å². The minimum atomic E-state index is 0.0822. The number of fused-ring (bicyclic) bond motifs is 5. The number of rotatable bonds is 2. The van der Waals surface area contributed by atoms with Gasteiger partial charge in [0, 0.05) is 21.9 Å². The van der Waals surface area contributed by atoms with Crippen molar-refractivity contribution >= 4 is 44.2 Å². The maximum absolute atomic E-state index is 4.13. The Labute approximate surface area is 155 Å². The van der Waals surface area contributed by atoms with Gasteiger partial charge in [0.2, 0.25) is 0 Å². The van der Waals surface area contributed by atoms with Crippen LogP contribution in [0.1, 0.15) is 38.8 Å². The molecule has 0 saturated carbocycles. The SMILES string of the molecule is C=Cc1c(/C(=C\C)C(C)(C)C)ccc2c1[nH]c1ccc3ccccc3c12. The number of H-pyrrole nitrogens is 1. The summed E-state index contributed by atoms with van der Waals surface area (Å²) in [6, 6.07) is 17.5. The van der Waals surface area contributed by atoms with E-state index in [2.05, 4.69) is 93.9 Å². The third kappa shape index (κ3) is 2.39. The molecule has 0 bridgehead atoms. The normalized spacial score (nSPS) is 13.0. The molecule has 0 aliphatic heterocycles. The molecule has 0 saturated heterocycles. The smallest absolute Gasteiger partial charge is 0.0544 e. The van der Waals surface area contributed by atoms with Gasteiger partial charge in [-0.05, 0) is 40.3 Å². The van der Waals surface area contributed by atoms with E-state index in [4.69, 9.17) is 0 Å². The van der Waals surface area contributed by atoms with E-state index >= 15 is 0 Å². The molecule has 0 radical (unpaired) electrons. The van der Waals surface area contributed by atoms with Crippen molar-refractivity contribution in [3.8, 4) is 0 Å². The second kappa shape index (κ2) is 5.88. The zero-order valence-corrected chi connectivity index (χ0v) is 16.0. The van der Waals surface area contributed by atoms with E-state index in [1.807, 2.05) is 6.08 Å². The van der Waals surface area contributed by atoms with E-state index in [0.717, 1.165) is 0 Å². The Kier molecular flexibility index (Phi) is 3.77. The first-order valence-corrected chi connectivity index (χ1v) is 9.21. The summed E-state index contributed by atoms with van der Waals surface area (Å²) in [6.45, 7) is 13.0. The molecule has 3 aromatic carbocycles. The molecule has 0 amide bonds. The topological polar surface area (TPSA) is 15.8 Å². The van der Waals surface area contributed by atoms with Crippen molar-refractivity contribution in [1.29, 1.82) is 0 Å². The molecule has 26 heavy (non-hydrogen) atoms. The maximum atomic E-state index is 4.13. The minimum absolute atomic E-state index is 0.0822. The first-order valence-electron chi connectivity index (χ1n) is 9.21. The second-order valence-corrected chi connectivity index (χ2v) is 7.94. The molecule has 0 spiro atoms. The number of nitrogens with one attached hydrogen (secondary N) is 1. The number of aromatic nitrogens is 1. The molecule has 1 aromatic heterocycles. The Morgan fingerprint density at radius 1 is 0.962 bits per heavy atom. The summed E-state index contributed by atoms with van der Waals surface area (Å²) in [4.78, 5) is 3.66. The summed E-state index contributed by atoms with van der Waals surface area (Å²) in [5, 5.41) is 5.13. The van der Waals surface area contributed by atoms with Crippen LogP contribution in [-0.2, 0) is 0 Å². The molecule has 1 heterocycles. The number of hydrogen-bond donors (Lipinski definition) is 1. The minimum Gasteiger partial charge on any atom is -0.354 e. The molecular formula is C25H25N. The first kappa shape index (κ1) is 16.7. The van der Waals surface area contributed by atoms with Crippen LogP contribution in [0.5, 0.6) is 0 Å². The lowest BCUT2D eigenvalue weighted by molar-refractivity contribution is 0.566. The third-order valence-electron chi connectivity index (χ3n) is 5.29. The Bertz CT molecular complexity index is 1180. The molecule has 0 unspecified atom stereocenters. The first-order chi connectivity index (χ1) is 12.5. The van der Waals surface area contributed by atoms with Gasteiger partial charge >= 0.3 is 0 Å². The van der Waals surface area contributed by atoms with Gasteiger partial charge in [0.25, 0.3) is 0 Å². The van der Waals surface area contributed by atoms with Gasteiger partial charge < -0.3 is 4.98 Å². The molecule has 130 valence electrons. The van der Waals surface area contributed by atoms with Gasteiger partial charge in [-0.1, -0.05) is 82.0 Å². The lowest BCUT2D eigenvalue weighted by Crippen LogP contribution is -2.09.